The van der Waals surface area contributed by atoms with Crippen LogP contribution in [-0.2, 0) is 14.4 Å². The molecule has 2 N–H and O–H groups in total. The Morgan fingerprint density at radius 3 is 2.59 bits per heavy atom. The number of unbranched alkanes of at least 4 members (excludes halogenated alkanes) is 3. The van der Waals surface area contributed by atoms with Crippen LogP contribution in [0, 0.1) is 11.8 Å². The summed E-state index contributed by atoms with van der Waals surface area (Å²) in [7, 11) is 0. The molecule has 0 amide bonds. The molecule has 0 aromatic heterocycles. The van der Waals surface area contributed by atoms with E-state index in [1.54, 1.807) is 0 Å². The largest absolute Gasteiger partial charge is 0.481 e. The van der Waals surface area contributed by atoms with Gasteiger partial charge in [0.05, 0.1) is 6.10 Å². The first-order valence-electron chi connectivity index (χ1n) is 13.5. The molecule has 0 heterocycles. The number of aliphatic carboxylic acids is 1. The number of carbonyl (C=O) groups excluding carboxylic acids is 2. The first kappa shape index (κ1) is 13.0. The molecule has 7 heteroatoms. The van der Waals surface area contributed by atoms with E-state index < -0.39 is 74.4 Å². The highest BCUT2D eigenvalue weighted by atomic mass is 19.3. The number of ketones is 2. The molecule has 0 saturated heterocycles. The molecule has 1 saturated carbocycles. The van der Waals surface area contributed by atoms with Crippen LogP contribution in [0.25, 0.3) is 0 Å². The normalized spacial score (nSPS) is 30.0. The van der Waals surface area contributed by atoms with Gasteiger partial charge in [-0.2, -0.15) is 8.78 Å². The van der Waals surface area contributed by atoms with E-state index >= 15 is 0 Å². The summed E-state index contributed by atoms with van der Waals surface area (Å²) in [6.45, 7) is -3.81. The van der Waals surface area contributed by atoms with E-state index in [0.717, 1.165) is 0 Å². The molecule has 5 nitrogen and oxygen atoms in total. The number of carboxylic acid groups (broad SMARTS) is 1. The molecule has 27 heavy (non-hydrogen) atoms. The van der Waals surface area contributed by atoms with Crippen LogP contribution < -0.4 is 0 Å². The van der Waals surface area contributed by atoms with Crippen molar-refractivity contribution in [3.8, 4) is 0 Å². The van der Waals surface area contributed by atoms with Crippen molar-refractivity contribution in [2.75, 3.05) is 0 Å². The van der Waals surface area contributed by atoms with Gasteiger partial charge in [-0.05, 0) is 31.6 Å². The molecule has 0 aromatic carbocycles. The summed E-state index contributed by atoms with van der Waals surface area (Å²) in [6.07, 6.45) is -13.4. The maximum atomic E-state index is 14.8. The monoisotopic (exact) mass is 399 g/mol. The van der Waals surface area contributed by atoms with Gasteiger partial charge >= 0.3 is 11.9 Å². The first-order valence-corrected chi connectivity index (χ1v) is 8.96. The van der Waals surface area contributed by atoms with Gasteiger partial charge in [0.15, 0.2) is 0 Å². The molecule has 1 rings (SSSR count). The highest BCUT2D eigenvalue weighted by molar-refractivity contribution is 5.86. The number of aliphatic hydroxyl groups excluding tert-OH is 1. The Balaban J connectivity index is 2.90. The van der Waals surface area contributed by atoms with E-state index in [-0.39, 0.29) is 25.0 Å². The number of carboxylic acids is 1. The van der Waals surface area contributed by atoms with Crippen molar-refractivity contribution in [3.05, 3.63) is 0 Å². The molecule has 156 valence electrons. The van der Waals surface area contributed by atoms with Gasteiger partial charge in [-0.15, -0.1) is 0 Å². The maximum absolute atomic E-state index is 14.8. The average molecular weight is 400 g/mol. The standard InChI is InChI=1S/C20H32F2O5/c1-2-3-12-20(21,22)18(25)11-10-15-14(16(23)13-17(15)24)8-6-4-5-7-9-19(26)27/h14-15,17,24H,2-13H2,1H3,(H,26,27)/t14-,15-,17-/m1/s1/i1D3,2D2,3D2,12D2. The fraction of sp³-hybridized carbons (Fsp3) is 0.850. The van der Waals surface area contributed by atoms with Gasteiger partial charge in [-0.25, -0.2) is 0 Å². The molecule has 1 aliphatic rings. The van der Waals surface area contributed by atoms with Crippen molar-refractivity contribution >= 4 is 17.5 Å². The Morgan fingerprint density at radius 2 is 1.93 bits per heavy atom. The molecule has 0 radical (unpaired) electrons. The number of hydrogen-bond donors (Lipinski definition) is 2. The van der Waals surface area contributed by atoms with Crippen LogP contribution in [0.4, 0.5) is 8.78 Å². The zero-order valence-electron chi connectivity index (χ0n) is 24.0. The van der Waals surface area contributed by atoms with Crippen molar-refractivity contribution in [2.24, 2.45) is 11.8 Å². The molecule has 3 atom stereocenters. The second-order valence-electron chi connectivity index (χ2n) is 6.77. The number of aliphatic hydroxyl groups is 1. The van der Waals surface area contributed by atoms with Crippen molar-refractivity contribution in [1.29, 1.82) is 0 Å². The minimum Gasteiger partial charge on any atom is -0.481 e. The van der Waals surface area contributed by atoms with Gasteiger partial charge in [-0.1, -0.05) is 32.5 Å². The third-order valence-corrected chi connectivity index (χ3v) is 4.83. The van der Waals surface area contributed by atoms with Gasteiger partial charge in [0.2, 0.25) is 5.78 Å². The van der Waals surface area contributed by atoms with Gasteiger partial charge in [0.25, 0.3) is 0 Å². The second-order valence-corrected chi connectivity index (χ2v) is 6.77. The number of halogens is 2. The van der Waals surface area contributed by atoms with Crippen molar-refractivity contribution in [3.63, 3.8) is 0 Å². The van der Waals surface area contributed by atoms with Crippen LogP contribution in [0.5, 0.6) is 0 Å². The lowest BCUT2D eigenvalue weighted by Crippen LogP contribution is -2.30. The molecule has 0 aromatic rings. The quantitative estimate of drug-likeness (QED) is 0.428. The van der Waals surface area contributed by atoms with Gasteiger partial charge < -0.3 is 10.2 Å². The van der Waals surface area contributed by atoms with Crippen LogP contribution in [0.3, 0.4) is 0 Å². The third kappa shape index (κ3) is 8.03. The van der Waals surface area contributed by atoms with E-state index in [1.165, 1.54) is 0 Å². The predicted molar refractivity (Wildman–Crippen MR) is 96.7 cm³/mol. The number of rotatable bonds is 14. The van der Waals surface area contributed by atoms with E-state index in [0.29, 0.717) is 25.7 Å². The molecule has 0 bridgehead atoms. The molecule has 0 aliphatic heterocycles. The smallest absolute Gasteiger partial charge is 0.305 e. The Labute approximate surface area is 172 Å². The van der Waals surface area contributed by atoms with Crippen molar-refractivity contribution in [1.82, 2.24) is 0 Å². The van der Waals surface area contributed by atoms with Crippen LogP contribution >= 0.6 is 0 Å². The zero-order chi connectivity index (χ0) is 28.3. The molecule has 0 spiro atoms. The topological polar surface area (TPSA) is 91.7 Å². The predicted octanol–water partition coefficient (Wildman–Crippen LogP) is 4.15. The van der Waals surface area contributed by atoms with Crippen LogP contribution in [0.1, 0.15) is 96.1 Å². The summed E-state index contributed by atoms with van der Waals surface area (Å²) < 4.78 is 96.1. The fourth-order valence-corrected chi connectivity index (χ4v) is 3.41. The summed E-state index contributed by atoms with van der Waals surface area (Å²) in [5.74, 6) is -10.1. The van der Waals surface area contributed by atoms with Gasteiger partial charge in [-0.3, -0.25) is 14.4 Å². The summed E-state index contributed by atoms with van der Waals surface area (Å²) in [5.41, 5.74) is 0. The first-order chi connectivity index (χ1) is 16.1. The lowest BCUT2D eigenvalue weighted by Gasteiger charge is -2.22. The Morgan fingerprint density at radius 1 is 1.22 bits per heavy atom. The van der Waals surface area contributed by atoms with Crippen LogP contribution in [-0.4, -0.2) is 39.8 Å². The third-order valence-electron chi connectivity index (χ3n) is 4.83. The summed E-state index contributed by atoms with van der Waals surface area (Å²) in [4.78, 5) is 35.1. The zero-order valence-corrected chi connectivity index (χ0v) is 15.0. The van der Waals surface area contributed by atoms with E-state index in [1.807, 2.05) is 0 Å². The SMILES string of the molecule is [2H]C([2H])([2H])C([2H])([2H])C([2H])([2H])C([2H])([2H])C(F)(F)C(=O)CC[C@H]1[C@H](O)CC(=O)[C@@H]1CCCCCCC(=O)O. The molecular formula is C20H32F2O5. The Bertz CT molecular complexity index is 818. The van der Waals surface area contributed by atoms with Crippen molar-refractivity contribution in [2.45, 2.75) is 95.8 Å². The molecule has 1 fully saturated rings. The summed E-state index contributed by atoms with van der Waals surface area (Å²) >= 11 is 0. The van der Waals surface area contributed by atoms with Gasteiger partial charge in [0, 0.05) is 43.9 Å². The number of carbonyl (C=O) groups is 3. The van der Waals surface area contributed by atoms with Crippen LogP contribution in [0.15, 0.2) is 0 Å². The number of Topliss-reactive ketones (excluding diaryl/α,β-unsaturated/α-hetero) is 2. The number of alkyl halides is 2. The van der Waals surface area contributed by atoms with E-state index in [4.69, 9.17) is 17.4 Å². The highest BCUT2D eigenvalue weighted by Crippen LogP contribution is 2.37. The van der Waals surface area contributed by atoms with E-state index in [9.17, 15) is 28.3 Å². The van der Waals surface area contributed by atoms with E-state index in [2.05, 4.69) is 0 Å². The Hall–Kier alpha value is -1.37. The Kier molecular flexibility index (Phi) is 5.51. The fourth-order valence-electron chi connectivity index (χ4n) is 3.41. The van der Waals surface area contributed by atoms with Gasteiger partial charge in [0.1, 0.15) is 5.78 Å². The second kappa shape index (κ2) is 11.5. The highest BCUT2D eigenvalue weighted by Gasteiger charge is 2.43. The summed E-state index contributed by atoms with van der Waals surface area (Å²) in [6, 6.07) is 0. The minimum atomic E-state index is -5.11. The lowest BCUT2D eigenvalue weighted by molar-refractivity contribution is -0.144. The minimum absolute atomic E-state index is 0.000638. The lowest BCUT2D eigenvalue weighted by atomic mass is 9.85. The average Bonchev–Trinajstić information content (AvgIpc) is 2.99. The van der Waals surface area contributed by atoms with Crippen molar-refractivity contribution < 1.29 is 45.7 Å². The molecular weight excluding hydrogens is 358 g/mol. The number of hydrogen-bond acceptors (Lipinski definition) is 4. The summed E-state index contributed by atoms with van der Waals surface area (Å²) in [5, 5.41) is 18.8. The maximum Gasteiger partial charge on any atom is 0.305 e. The molecule has 1 aliphatic carbocycles. The molecule has 0 unspecified atom stereocenters. The van der Waals surface area contributed by atoms with Crippen LogP contribution in [0.2, 0.25) is 0 Å².